The molecule has 0 saturated heterocycles. The number of rotatable bonds is 4. The van der Waals surface area contributed by atoms with Crippen molar-refractivity contribution in [2.24, 2.45) is 46.3 Å². The zero-order valence-electron chi connectivity index (χ0n) is 17.9. The summed E-state index contributed by atoms with van der Waals surface area (Å²) >= 11 is 0. The molecule has 4 aliphatic rings. The van der Waals surface area contributed by atoms with E-state index in [4.69, 9.17) is 5.11 Å². The maximum Gasteiger partial charge on any atom is 0.303 e. The van der Waals surface area contributed by atoms with Crippen LogP contribution >= 0.6 is 0 Å². The first-order chi connectivity index (χ1) is 13.2. The van der Waals surface area contributed by atoms with Gasteiger partial charge in [0.15, 0.2) is 0 Å². The number of carboxylic acids is 1. The molecule has 4 rings (SSSR count). The molecule has 0 radical (unpaired) electrons. The largest absolute Gasteiger partial charge is 0.481 e. The molecular formula is C24H40O4. The lowest BCUT2D eigenvalue weighted by Gasteiger charge is -2.62. The summed E-state index contributed by atoms with van der Waals surface area (Å²) < 4.78 is 0. The summed E-state index contributed by atoms with van der Waals surface area (Å²) in [7, 11) is 0. The highest BCUT2D eigenvalue weighted by molar-refractivity contribution is 5.66. The lowest BCUT2D eigenvalue weighted by molar-refractivity contribution is -0.175. The molecule has 0 heterocycles. The van der Waals surface area contributed by atoms with Crippen LogP contribution in [0.15, 0.2) is 0 Å². The molecule has 4 nitrogen and oxygen atoms in total. The maximum atomic E-state index is 11.5. The van der Waals surface area contributed by atoms with Gasteiger partial charge in [0.05, 0.1) is 12.2 Å². The fourth-order valence-corrected chi connectivity index (χ4v) is 8.71. The molecule has 4 fully saturated rings. The Morgan fingerprint density at radius 3 is 2.50 bits per heavy atom. The van der Waals surface area contributed by atoms with Gasteiger partial charge < -0.3 is 15.3 Å². The summed E-state index contributed by atoms with van der Waals surface area (Å²) in [5, 5.41) is 30.8. The molecule has 28 heavy (non-hydrogen) atoms. The third-order valence-electron chi connectivity index (χ3n) is 10.3. The Kier molecular flexibility index (Phi) is 5.36. The van der Waals surface area contributed by atoms with Gasteiger partial charge in [-0.1, -0.05) is 20.8 Å². The van der Waals surface area contributed by atoms with Gasteiger partial charge in [-0.2, -0.15) is 0 Å². The van der Waals surface area contributed by atoms with Crippen molar-refractivity contribution in [3.63, 3.8) is 0 Å². The van der Waals surface area contributed by atoms with Crippen molar-refractivity contribution in [3.05, 3.63) is 0 Å². The molecule has 4 heteroatoms. The number of aliphatic hydroxyl groups is 2. The number of hydrogen-bond donors (Lipinski definition) is 3. The second-order valence-electron chi connectivity index (χ2n) is 11.3. The first-order valence-electron chi connectivity index (χ1n) is 11.8. The van der Waals surface area contributed by atoms with Gasteiger partial charge in [0.25, 0.3) is 0 Å². The Hall–Kier alpha value is -0.610. The van der Waals surface area contributed by atoms with Gasteiger partial charge in [-0.15, -0.1) is 0 Å². The minimum atomic E-state index is -0.707. The average molecular weight is 393 g/mol. The van der Waals surface area contributed by atoms with E-state index in [2.05, 4.69) is 20.8 Å². The third kappa shape index (κ3) is 3.05. The topological polar surface area (TPSA) is 77.8 Å². The molecule has 10 atom stereocenters. The van der Waals surface area contributed by atoms with Gasteiger partial charge in [-0.3, -0.25) is 4.79 Å². The van der Waals surface area contributed by atoms with Gasteiger partial charge in [-0.05, 0) is 104 Å². The van der Waals surface area contributed by atoms with Gasteiger partial charge in [0.1, 0.15) is 0 Å². The standard InChI is InChI=1S/C24H40O4/c1-14(4-9-22(27)28)18-7-8-19-17-6-5-15-12-16(25)10-11-23(15,2)20(17)13-21(26)24(18,19)3/h14-21,25-26H,4-13H2,1-3H3,(H,27,28)/t14-,15-,16-,17?,18-,19?,20?,21-,23+,24-/m1/s1. The van der Waals surface area contributed by atoms with Gasteiger partial charge in [0.2, 0.25) is 0 Å². The van der Waals surface area contributed by atoms with Crippen molar-refractivity contribution in [3.8, 4) is 0 Å². The lowest BCUT2D eigenvalue weighted by Crippen LogP contribution is -2.58. The van der Waals surface area contributed by atoms with Gasteiger partial charge in [0, 0.05) is 6.42 Å². The van der Waals surface area contributed by atoms with E-state index in [1.165, 1.54) is 19.3 Å². The van der Waals surface area contributed by atoms with Crippen LogP contribution in [0.5, 0.6) is 0 Å². The number of hydrogen-bond acceptors (Lipinski definition) is 3. The predicted molar refractivity (Wildman–Crippen MR) is 109 cm³/mol. The molecule has 160 valence electrons. The summed E-state index contributed by atoms with van der Waals surface area (Å²) in [6.45, 7) is 6.99. The van der Waals surface area contributed by atoms with E-state index >= 15 is 0 Å². The van der Waals surface area contributed by atoms with Crippen LogP contribution < -0.4 is 0 Å². The molecule has 0 aromatic carbocycles. The van der Waals surface area contributed by atoms with Gasteiger partial charge >= 0.3 is 5.97 Å². The SMILES string of the molecule is C[C@H](CCC(=O)O)[C@H]1CCC2C3CC[C@@H]4C[C@H](O)CC[C@]4(C)C3C[C@@H](O)[C@@]21C. The van der Waals surface area contributed by atoms with Crippen LogP contribution in [-0.4, -0.2) is 33.5 Å². The van der Waals surface area contributed by atoms with Crippen molar-refractivity contribution in [1.82, 2.24) is 0 Å². The van der Waals surface area contributed by atoms with E-state index in [0.717, 1.165) is 38.5 Å². The second kappa shape index (κ2) is 7.27. The first kappa shape index (κ1) is 20.7. The highest BCUT2D eigenvalue weighted by atomic mass is 16.4. The molecule has 3 unspecified atom stereocenters. The summed E-state index contributed by atoms with van der Waals surface area (Å²) in [5.74, 6) is 2.55. The Morgan fingerprint density at radius 2 is 1.79 bits per heavy atom. The Morgan fingerprint density at radius 1 is 1.04 bits per heavy atom. The maximum absolute atomic E-state index is 11.5. The molecule has 4 aliphatic carbocycles. The van der Waals surface area contributed by atoms with E-state index in [1.807, 2.05) is 0 Å². The molecule has 4 saturated carbocycles. The Bertz CT molecular complexity index is 605. The number of carboxylic acid groups (broad SMARTS) is 1. The van der Waals surface area contributed by atoms with Crippen molar-refractivity contribution in [2.75, 3.05) is 0 Å². The number of fused-ring (bicyclic) bond motifs is 5. The van der Waals surface area contributed by atoms with E-state index in [1.54, 1.807) is 0 Å². The monoisotopic (exact) mass is 392 g/mol. The summed E-state index contributed by atoms with van der Waals surface area (Å²) in [5.41, 5.74) is 0.216. The smallest absolute Gasteiger partial charge is 0.303 e. The molecule has 0 bridgehead atoms. The van der Waals surface area contributed by atoms with Crippen LogP contribution in [0.3, 0.4) is 0 Å². The summed E-state index contributed by atoms with van der Waals surface area (Å²) in [4.78, 5) is 11.1. The zero-order valence-corrected chi connectivity index (χ0v) is 17.9. The average Bonchev–Trinajstić information content (AvgIpc) is 3.00. The van der Waals surface area contributed by atoms with Crippen LogP contribution in [0, 0.1) is 46.3 Å². The number of aliphatic hydroxyl groups excluding tert-OH is 2. The first-order valence-corrected chi connectivity index (χ1v) is 11.8. The van der Waals surface area contributed by atoms with Gasteiger partial charge in [-0.25, -0.2) is 0 Å². The minimum Gasteiger partial charge on any atom is -0.481 e. The molecule has 0 amide bonds. The highest BCUT2D eigenvalue weighted by Crippen LogP contribution is 2.68. The minimum absolute atomic E-state index is 0.0591. The van der Waals surface area contributed by atoms with Crippen LogP contribution in [0.2, 0.25) is 0 Å². The summed E-state index contributed by atoms with van der Waals surface area (Å²) in [6.07, 6.45) is 9.26. The number of carbonyl (C=O) groups is 1. The van der Waals surface area contributed by atoms with Crippen molar-refractivity contribution in [1.29, 1.82) is 0 Å². The Labute approximate surface area is 170 Å². The number of aliphatic carboxylic acids is 1. The third-order valence-corrected chi connectivity index (χ3v) is 10.3. The normalized spacial score (nSPS) is 51.7. The van der Waals surface area contributed by atoms with E-state index in [9.17, 15) is 15.0 Å². The zero-order chi connectivity index (χ0) is 20.3. The molecule has 0 aliphatic heterocycles. The summed E-state index contributed by atoms with van der Waals surface area (Å²) in [6, 6.07) is 0. The predicted octanol–water partition coefficient (Wildman–Crippen LogP) is 4.48. The highest BCUT2D eigenvalue weighted by Gasteiger charge is 2.63. The quantitative estimate of drug-likeness (QED) is 0.659. The Balaban J connectivity index is 1.56. The second-order valence-corrected chi connectivity index (χ2v) is 11.3. The van der Waals surface area contributed by atoms with Crippen molar-refractivity contribution in [2.45, 2.75) is 97.2 Å². The van der Waals surface area contributed by atoms with Crippen molar-refractivity contribution >= 4 is 5.97 Å². The van der Waals surface area contributed by atoms with Crippen LogP contribution in [0.1, 0.15) is 85.0 Å². The van der Waals surface area contributed by atoms with E-state index in [0.29, 0.717) is 35.5 Å². The molecule has 0 aromatic heterocycles. The van der Waals surface area contributed by atoms with Crippen LogP contribution in [0.4, 0.5) is 0 Å². The molecule has 0 spiro atoms. The van der Waals surface area contributed by atoms with E-state index < -0.39 is 5.97 Å². The van der Waals surface area contributed by atoms with Crippen molar-refractivity contribution < 1.29 is 20.1 Å². The fraction of sp³-hybridized carbons (Fsp3) is 0.958. The fourth-order valence-electron chi connectivity index (χ4n) is 8.71. The lowest BCUT2D eigenvalue weighted by atomic mass is 9.43. The molecule has 0 aromatic rings. The molecule has 3 N–H and O–H groups in total. The van der Waals surface area contributed by atoms with Crippen LogP contribution in [0.25, 0.3) is 0 Å². The van der Waals surface area contributed by atoms with E-state index in [-0.39, 0.29) is 29.5 Å². The van der Waals surface area contributed by atoms with Crippen LogP contribution in [-0.2, 0) is 4.79 Å². The molecular weight excluding hydrogens is 352 g/mol.